The molecule has 0 aliphatic heterocycles. The molecule has 0 saturated heterocycles. The van der Waals surface area contributed by atoms with E-state index in [4.69, 9.17) is 5.84 Å². The Labute approximate surface area is 104 Å². The predicted molar refractivity (Wildman–Crippen MR) is 72.7 cm³/mol. The molecule has 2 nitrogen and oxygen atoms in total. The quantitative estimate of drug-likeness (QED) is 0.464. The summed E-state index contributed by atoms with van der Waals surface area (Å²) in [7, 11) is 0. The van der Waals surface area contributed by atoms with Gasteiger partial charge in [0.15, 0.2) is 0 Å². The largest absolute Gasteiger partial charge is 0.271 e. The van der Waals surface area contributed by atoms with E-state index in [2.05, 4.69) is 36.3 Å². The standard InChI is InChI=1S/C15H22N2/c1-2-6-14(17-16)11-13-9-5-8-12-7-3-4-10-15(12)13/h2-4,7,10,13-14,17H,1,5-6,8-9,11,16H2. The molecule has 92 valence electrons. The summed E-state index contributed by atoms with van der Waals surface area (Å²) in [6.07, 6.45) is 7.81. The van der Waals surface area contributed by atoms with Gasteiger partial charge in [0, 0.05) is 6.04 Å². The van der Waals surface area contributed by atoms with Crippen molar-refractivity contribution in [3.63, 3.8) is 0 Å². The van der Waals surface area contributed by atoms with Crippen LogP contribution < -0.4 is 11.3 Å². The van der Waals surface area contributed by atoms with Crippen molar-refractivity contribution in [1.82, 2.24) is 5.43 Å². The van der Waals surface area contributed by atoms with Crippen LogP contribution in [0.4, 0.5) is 0 Å². The lowest BCUT2D eigenvalue weighted by atomic mass is 9.79. The van der Waals surface area contributed by atoms with Gasteiger partial charge in [-0.25, -0.2) is 0 Å². The minimum atomic E-state index is 0.351. The Kier molecular flexibility index (Phi) is 4.35. The van der Waals surface area contributed by atoms with Crippen molar-refractivity contribution < 1.29 is 0 Å². The zero-order valence-corrected chi connectivity index (χ0v) is 10.4. The maximum absolute atomic E-state index is 5.60. The van der Waals surface area contributed by atoms with Crippen molar-refractivity contribution in [2.75, 3.05) is 0 Å². The number of benzene rings is 1. The number of hydrazine groups is 1. The van der Waals surface area contributed by atoms with Gasteiger partial charge in [0.05, 0.1) is 0 Å². The Morgan fingerprint density at radius 3 is 3.06 bits per heavy atom. The predicted octanol–water partition coefficient (Wildman–Crippen LogP) is 2.90. The summed E-state index contributed by atoms with van der Waals surface area (Å²) in [5.74, 6) is 6.25. The van der Waals surface area contributed by atoms with Gasteiger partial charge < -0.3 is 0 Å². The molecule has 17 heavy (non-hydrogen) atoms. The van der Waals surface area contributed by atoms with Crippen LogP contribution in [0.25, 0.3) is 0 Å². The lowest BCUT2D eigenvalue weighted by Crippen LogP contribution is -2.36. The normalized spacial score (nSPS) is 20.6. The number of rotatable bonds is 5. The van der Waals surface area contributed by atoms with Gasteiger partial charge >= 0.3 is 0 Å². The molecule has 0 amide bonds. The van der Waals surface area contributed by atoms with Crippen molar-refractivity contribution in [2.24, 2.45) is 5.84 Å². The molecule has 2 heteroatoms. The molecule has 1 aromatic rings. The zero-order chi connectivity index (χ0) is 12.1. The topological polar surface area (TPSA) is 38.0 Å². The Bertz CT molecular complexity index is 373. The summed E-state index contributed by atoms with van der Waals surface area (Å²) >= 11 is 0. The van der Waals surface area contributed by atoms with E-state index in [0.717, 1.165) is 12.8 Å². The Morgan fingerprint density at radius 1 is 1.47 bits per heavy atom. The van der Waals surface area contributed by atoms with Crippen LogP contribution in [0.1, 0.15) is 42.7 Å². The molecule has 0 aromatic heterocycles. The molecular weight excluding hydrogens is 208 g/mol. The first-order valence-corrected chi connectivity index (χ1v) is 6.50. The minimum absolute atomic E-state index is 0.351. The molecule has 0 radical (unpaired) electrons. The lowest BCUT2D eigenvalue weighted by Gasteiger charge is -2.28. The van der Waals surface area contributed by atoms with Gasteiger partial charge in [0.25, 0.3) is 0 Å². The first-order chi connectivity index (χ1) is 8.35. The van der Waals surface area contributed by atoms with Gasteiger partial charge in [-0.15, -0.1) is 6.58 Å². The molecule has 0 heterocycles. The second kappa shape index (κ2) is 5.99. The third-order valence-electron chi connectivity index (χ3n) is 3.75. The average molecular weight is 230 g/mol. The number of nitrogens with two attached hydrogens (primary N) is 1. The van der Waals surface area contributed by atoms with Gasteiger partial charge in [-0.3, -0.25) is 11.3 Å². The second-order valence-electron chi connectivity index (χ2n) is 4.91. The van der Waals surface area contributed by atoms with Crippen molar-refractivity contribution in [3.05, 3.63) is 48.0 Å². The van der Waals surface area contributed by atoms with E-state index in [1.54, 1.807) is 0 Å². The van der Waals surface area contributed by atoms with Crippen molar-refractivity contribution in [3.8, 4) is 0 Å². The summed E-state index contributed by atoms with van der Waals surface area (Å²) in [6.45, 7) is 3.79. The molecule has 1 aromatic carbocycles. The van der Waals surface area contributed by atoms with Crippen LogP contribution >= 0.6 is 0 Å². The van der Waals surface area contributed by atoms with Gasteiger partial charge in [-0.05, 0) is 49.1 Å². The van der Waals surface area contributed by atoms with Crippen LogP contribution in [-0.2, 0) is 6.42 Å². The van der Waals surface area contributed by atoms with E-state index in [-0.39, 0.29) is 0 Å². The highest BCUT2D eigenvalue weighted by molar-refractivity contribution is 5.32. The second-order valence-corrected chi connectivity index (χ2v) is 4.91. The van der Waals surface area contributed by atoms with Gasteiger partial charge in [-0.2, -0.15) is 0 Å². The molecule has 2 unspecified atom stereocenters. The fraction of sp³-hybridized carbons (Fsp3) is 0.467. The van der Waals surface area contributed by atoms with Crippen LogP contribution in [-0.4, -0.2) is 6.04 Å². The summed E-state index contributed by atoms with van der Waals surface area (Å²) in [4.78, 5) is 0. The highest BCUT2D eigenvalue weighted by atomic mass is 15.2. The summed E-state index contributed by atoms with van der Waals surface area (Å²) < 4.78 is 0. The lowest BCUT2D eigenvalue weighted by molar-refractivity contribution is 0.418. The van der Waals surface area contributed by atoms with E-state index in [9.17, 15) is 0 Å². The monoisotopic (exact) mass is 230 g/mol. The Hall–Kier alpha value is -1.12. The van der Waals surface area contributed by atoms with Crippen LogP contribution in [0.3, 0.4) is 0 Å². The van der Waals surface area contributed by atoms with Gasteiger partial charge in [-0.1, -0.05) is 30.3 Å². The molecule has 2 atom stereocenters. The molecule has 0 saturated carbocycles. The number of nitrogens with one attached hydrogen (secondary N) is 1. The van der Waals surface area contributed by atoms with Gasteiger partial charge in [0.1, 0.15) is 0 Å². The fourth-order valence-corrected chi connectivity index (χ4v) is 2.88. The van der Waals surface area contributed by atoms with Crippen molar-refractivity contribution in [2.45, 2.75) is 44.1 Å². The average Bonchev–Trinajstić information content (AvgIpc) is 2.38. The molecule has 0 fully saturated rings. The molecule has 3 N–H and O–H groups in total. The number of hydrogen-bond donors (Lipinski definition) is 2. The van der Waals surface area contributed by atoms with E-state index in [1.165, 1.54) is 30.4 Å². The van der Waals surface area contributed by atoms with Crippen molar-refractivity contribution >= 4 is 0 Å². The smallest absolute Gasteiger partial charge is 0.0250 e. The summed E-state index contributed by atoms with van der Waals surface area (Å²) in [5, 5.41) is 0. The maximum atomic E-state index is 5.60. The highest BCUT2D eigenvalue weighted by Crippen LogP contribution is 2.34. The first kappa shape index (κ1) is 12.3. The fourth-order valence-electron chi connectivity index (χ4n) is 2.88. The molecule has 2 rings (SSSR count). The third kappa shape index (κ3) is 2.96. The molecule has 0 bridgehead atoms. The van der Waals surface area contributed by atoms with Crippen LogP contribution in [0.2, 0.25) is 0 Å². The van der Waals surface area contributed by atoms with E-state index < -0.39 is 0 Å². The molecule has 1 aliphatic rings. The van der Waals surface area contributed by atoms with Crippen LogP contribution in [0.5, 0.6) is 0 Å². The van der Waals surface area contributed by atoms with Crippen molar-refractivity contribution in [1.29, 1.82) is 0 Å². The summed E-state index contributed by atoms with van der Waals surface area (Å²) in [6, 6.07) is 9.18. The van der Waals surface area contributed by atoms with E-state index in [0.29, 0.717) is 12.0 Å². The third-order valence-corrected chi connectivity index (χ3v) is 3.75. The zero-order valence-electron chi connectivity index (χ0n) is 10.4. The van der Waals surface area contributed by atoms with Gasteiger partial charge in [0.2, 0.25) is 0 Å². The Morgan fingerprint density at radius 2 is 2.29 bits per heavy atom. The van der Waals surface area contributed by atoms with E-state index >= 15 is 0 Å². The number of fused-ring (bicyclic) bond motifs is 1. The first-order valence-electron chi connectivity index (χ1n) is 6.50. The van der Waals surface area contributed by atoms with Crippen LogP contribution in [0.15, 0.2) is 36.9 Å². The van der Waals surface area contributed by atoms with E-state index in [1.807, 2.05) is 6.08 Å². The SMILES string of the molecule is C=CCC(CC1CCCc2ccccc21)NN. The molecule has 0 spiro atoms. The maximum Gasteiger partial charge on any atom is 0.0250 e. The summed E-state index contributed by atoms with van der Waals surface area (Å²) in [5.41, 5.74) is 5.97. The molecular formula is C15H22N2. The molecule has 1 aliphatic carbocycles. The van der Waals surface area contributed by atoms with Crippen LogP contribution in [0, 0.1) is 0 Å². The highest BCUT2D eigenvalue weighted by Gasteiger charge is 2.22. The minimum Gasteiger partial charge on any atom is -0.271 e. The Balaban J connectivity index is 2.09. The number of aryl methyl sites for hydroxylation is 1. The number of hydrogen-bond acceptors (Lipinski definition) is 2.